The van der Waals surface area contributed by atoms with Crippen molar-refractivity contribution in [1.82, 2.24) is 4.98 Å². The summed E-state index contributed by atoms with van der Waals surface area (Å²) in [7, 11) is -0.411. The Balaban J connectivity index is 2.25. The number of nitrogens with two attached hydrogens (primary N) is 1. The van der Waals surface area contributed by atoms with E-state index >= 15 is 0 Å². The first-order valence-corrected chi connectivity index (χ1v) is 5.86. The molecule has 4 nitrogen and oxygen atoms in total. The summed E-state index contributed by atoms with van der Waals surface area (Å²) in [6.45, 7) is 8.61. The summed E-state index contributed by atoms with van der Waals surface area (Å²) < 4.78 is 11.8. The van der Waals surface area contributed by atoms with Crippen LogP contribution in [0.1, 0.15) is 33.3 Å². The van der Waals surface area contributed by atoms with Crippen molar-refractivity contribution in [2.24, 2.45) is 5.73 Å². The van der Waals surface area contributed by atoms with Gasteiger partial charge in [0.05, 0.1) is 16.8 Å². The van der Waals surface area contributed by atoms with Gasteiger partial charge < -0.3 is 15.0 Å². The van der Waals surface area contributed by atoms with Gasteiger partial charge in [-0.3, -0.25) is 4.98 Å². The minimum absolute atomic E-state index is 0.335. The summed E-state index contributed by atoms with van der Waals surface area (Å²) in [5.74, 6) is 0. The van der Waals surface area contributed by atoms with E-state index in [1.165, 1.54) is 0 Å². The molecule has 0 unspecified atom stereocenters. The lowest BCUT2D eigenvalue weighted by molar-refractivity contribution is 0.00578. The second-order valence-electron chi connectivity index (χ2n) is 5.38. The molecule has 0 atom stereocenters. The van der Waals surface area contributed by atoms with E-state index in [1.807, 2.05) is 39.8 Å². The summed E-state index contributed by atoms with van der Waals surface area (Å²) in [4.78, 5) is 4.29. The third-order valence-electron chi connectivity index (χ3n) is 3.58. The smallest absolute Gasteiger partial charge is 0.398 e. The molecule has 0 aliphatic carbocycles. The number of nitrogens with zero attached hydrogens (tertiary/aromatic N) is 1. The highest BCUT2D eigenvalue weighted by Gasteiger charge is 2.52. The van der Waals surface area contributed by atoms with Gasteiger partial charge in [0.1, 0.15) is 0 Å². The van der Waals surface area contributed by atoms with Crippen LogP contribution in [0.5, 0.6) is 0 Å². The fourth-order valence-corrected chi connectivity index (χ4v) is 1.71. The molecule has 92 valence electrons. The van der Waals surface area contributed by atoms with Crippen LogP contribution in [0.2, 0.25) is 0 Å². The van der Waals surface area contributed by atoms with Crippen molar-refractivity contribution in [3.63, 3.8) is 0 Å². The van der Waals surface area contributed by atoms with Crippen LogP contribution in [0, 0.1) is 0 Å². The summed E-state index contributed by atoms with van der Waals surface area (Å²) >= 11 is 0. The lowest BCUT2D eigenvalue weighted by Gasteiger charge is -2.32. The largest absolute Gasteiger partial charge is 0.514 e. The lowest BCUT2D eigenvalue weighted by Crippen LogP contribution is -2.41. The second kappa shape index (κ2) is 4.08. The summed E-state index contributed by atoms with van der Waals surface area (Å²) in [5.41, 5.74) is 6.76. The first-order valence-electron chi connectivity index (χ1n) is 5.86. The van der Waals surface area contributed by atoms with Crippen molar-refractivity contribution in [3.05, 3.63) is 23.9 Å². The molecular weight excluding hydrogens is 215 g/mol. The number of hydrogen-bond acceptors (Lipinski definition) is 4. The molecule has 5 heteroatoms. The molecule has 1 aliphatic heterocycles. The maximum Gasteiger partial charge on any atom is 0.514 e. The van der Waals surface area contributed by atoms with Crippen LogP contribution in [0.25, 0.3) is 0 Å². The Kier molecular flexibility index (Phi) is 3.02. The molecular formula is C12H19BN2O2. The molecule has 2 rings (SSSR count). The molecule has 1 aliphatic rings. The molecule has 1 fully saturated rings. The van der Waals surface area contributed by atoms with Crippen LogP contribution in [-0.2, 0) is 15.9 Å². The number of rotatable bonds is 2. The van der Waals surface area contributed by atoms with Crippen LogP contribution < -0.4 is 11.3 Å². The van der Waals surface area contributed by atoms with Crippen molar-refractivity contribution in [2.75, 3.05) is 0 Å². The molecule has 0 radical (unpaired) electrons. The summed E-state index contributed by atoms with van der Waals surface area (Å²) in [6, 6.07) is 3.83. The molecule has 2 N–H and O–H groups in total. The van der Waals surface area contributed by atoms with Gasteiger partial charge in [-0.15, -0.1) is 0 Å². The molecule has 0 bridgehead atoms. The van der Waals surface area contributed by atoms with Gasteiger partial charge in [-0.2, -0.15) is 0 Å². The van der Waals surface area contributed by atoms with Crippen molar-refractivity contribution in [2.45, 2.75) is 45.4 Å². The first kappa shape index (κ1) is 12.5. The Morgan fingerprint density at radius 1 is 1.24 bits per heavy atom. The molecule has 2 heterocycles. The highest BCUT2D eigenvalue weighted by Crippen LogP contribution is 2.36. The van der Waals surface area contributed by atoms with Gasteiger partial charge >= 0.3 is 7.12 Å². The average Bonchev–Trinajstić information content (AvgIpc) is 2.48. The Hall–Kier alpha value is -0.905. The van der Waals surface area contributed by atoms with Crippen molar-refractivity contribution < 1.29 is 9.31 Å². The zero-order valence-corrected chi connectivity index (χ0v) is 10.9. The molecule has 1 aromatic rings. The van der Waals surface area contributed by atoms with Crippen LogP contribution in [0.15, 0.2) is 18.3 Å². The Labute approximate surface area is 103 Å². The zero-order chi connectivity index (χ0) is 12.7. The van der Waals surface area contributed by atoms with E-state index in [-0.39, 0.29) is 11.2 Å². The number of aromatic nitrogens is 1. The highest BCUT2D eigenvalue weighted by molar-refractivity contribution is 6.61. The summed E-state index contributed by atoms with van der Waals surface area (Å²) in [6.07, 6.45) is 1.74. The van der Waals surface area contributed by atoms with Gasteiger partial charge in [0, 0.05) is 12.7 Å². The van der Waals surface area contributed by atoms with Crippen molar-refractivity contribution >= 4 is 12.7 Å². The van der Waals surface area contributed by atoms with E-state index in [0.29, 0.717) is 6.54 Å². The maximum absolute atomic E-state index is 5.92. The van der Waals surface area contributed by atoms with E-state index in [2.05, 4.69) is 4.98 Å². The predicted molar refractivity (Wildman–Crippen MR) is 67.8 cm³/mol. The molecule has 0 spiro atoms. The fourth-order valence-electron chi connectivity index (χ4n) is 1.71. The van der Waals surface area contributed by atoms with Crippen LogP contribution in [0.4, 0.5) is 0 Å². The van der Waals surface area contributed by atoms with Gasteiger partial charge in [0.25, 0.3) is 0 Å². The topological polar surface area (TPSA) is 57.4 Å². The van der Waals surface area contributed by atoms with E-state index in [0.717, 1.165) is 11.2 Å². The molecule has 0 saturated carbocycles. The molecule has 1 aromatic heterocycles. The van der Waals surface area contributed by atoms with Gasteiger partial charge in [-0.1, -0.05) is 0 Å². The highest BCUT2D eigenvalue weighted by atomic mass is 16.7. The van der Waals surface area contributed by atoms with Crippen molar-refractivity contribution in [3.8, 4) is 0 Å². The van der Waals surface area contributed by atoms with E-state index in [9.17, 15) is 0 Å². The lowest BCUT2D eigenvalue weighted by atomic mass is 9.83. The van der Waals surface area contributed by atoms with E-state index in [1.54, 1.807) is 6.20 Å². The summed E-state index contributed by atoms with van der Waals surface area (Å²) in [5, 5.41) is 0. The SMILES string of the molecule is CC1(C)OB(c2cc(CN)ccn2)OC1(C)C. The first-order chi connectivity index (χ1) is 7.86. The number of pyridine rings is 1. The molecule has 1 saturated heterocycles. The monoisotopic (exact) mass is 234 g/mol. The Bertz CT molecular complexity index is 405. The quantitative estimate of drug-likeness (QED) is 0.770. The minimum atomic E-state index is -0.411. The van der Waals surface area contributed by atoms with E-state index in [4.69, 9.17) is 15.0 Å². The van der Waals surface area contributed by atoms with Crippen LogP contribution in [-0.4, -0.2) is 23.3 Å². The minimum Gasteiger partial charge on any atom is -0.398 e. The van der Waals surface area contributed by atoms with Crippen LogP contribution >= 0.6 is 0 Å². The molecule has 0 aromatic carbocycles. The van der Waals surface area contributed by atoms with Crippen molar-refractivity contribution in [1.29, 1.82) is 0 Å². The Morgan fingerprint density at radius 3 is 2.35 bits per heavy atom. The maximum atomic E-state index is 5.92. The average molecular weight is 234 g/mol. The molecule has 0 amide bonds. The molecule has 17 heavy (non-hydrogen) atoms. The third-order valence-corrected chi connectivity index (χ3v) is 3.58. The fraction of sp³-hybridized carbons (Fsp3) is 0.583. The normalized spacial score (nSPS) is 21.8. The van der Waals surface area contributed by atoms with Gasteiger partial charge in [-0.25, -0.2) is 0 Å². The van der Waals surface area contributed by atoms with Gasteiger partial charge in [0.15, 0.2) is 0 Å². The van der Waals surface area contributed by atoms with Gasteiger partial charge in [0.2, 0.25) is 0 Å². The third kappa shape index (κ3) is 2.23. The number of hydrogen-bond donors (Lipinski definition) is 1. The zero-order valence-electron chi connectivity index (χ0n) is 10.9. The standard InChI is InChI=1S/C12H19BN2O2/c1-11(2)12(3,4)17-13(16-11)10-7-9(8-14)5-6-15-10/h5-7H,8,14H2,1-4H3. The van der Waals surface area contributed by atoms with Gasteiger partial charge in [-0.05, 0) is 45.4 Å². The van der Waals surface area contributed by atoms with E-state index < -0.39 is 7.12 Å². The Morgan fingerprint density at radius 2 is 1.82 bits per heavy atom. The predicted octanol–water partition coefficient (Wildman–Crippen LogP) is 0.839. The second-order valence-corrected chi connectivity index (χ2v) is 5.38. The van der Waals surface area contributed by atoms with Crippen LogP contribution in [0.3, 0.4) is 0 Å².